The second-order valence-corrected chi connectivity index (χ2v) is 16.5. The van der Waals surface area contributed by atoms with E-state index in [2.05, 4.69) is 78.3 Å². The minimum absolute atomic E-state index is 0.173. The number of hydrogen-bond donors (Lipinski definition) is 0. The van der Waals surface area contributed by atoms with Gasteiger partial charge in [-0.2, -0.15) is 0 Å². The van der Waals surface area contributed by atoms with Gasteiger partial charge in [-0.25, -0.2) is 0 Å². The summed E-state index contributed by atoms with van der Waals surface area (Å²) in [6, 6.07) is 28.0. The summed E-state index contributed by atoms with van der Waals surface area (Å²) < 4.78 is 12.8. The highest BCUT2D eigenvalue weighted by Gasteiger charge is 2.44. The minimum Gasteiger partial charge on any atom is -0.496 e. The summed E-state index contributed by atoms with van der Waals surface area (Å²) in [5.41, 5.74) is 2.98. The number of nitrogens with zero attached hydrogens (tertiary/aromatic N) is 2. The Morgan fingerprint density at radius 1 is 0.660 bits per heavy atom. The third kappa shape index (κ3) is 7.45. The summed E-state index contributed by atoms with van der Waals surface area (Å²) in [5, 5.41) is 0. The monoisotopic (exact) mass is 886 g/mol. The highest BCUT2D eigenvalue weighted by atomic mass is 127. The van der Waals surface area contributed by atoms with Gasteiger partial charge in [0.25, 0.3) is 0 Å². The number of fused-ring (bicyclic) bond motifs is 2. The number of ether oxygens (including phenoxy) is 2. The zero-order chi connectivity index (χ0) is 36.1. The number of para-hydroxylation sites is 2. The molecule has 50 heavy (non-hydrogen) atoms. The highest BCUT2D eigenvalue weighted by molar-refractivity contribution is 14.1. The van der Waals surface area contributed by atoms with Crippen LogP contribution in [0.3, 0.4) is 0 Å². The number of hydrogen-bond acceptors (Lipinski definition) is 6. The van der Waals surface area contributed by atoms with Gasteiger partial charge in [0.2, 0.25) is 11.8 Å². The predicted molar refractivity (Wildman–Crippen MR) is 221 cm³/mol. The molecule has 0 saturated carbocycles. The van der Waals surface area contributed by atoms with E-state index in [1.54, 1.807) is 37.7 Å². The largest absolute Gasteiger partial charge is 0.496 e. The van der Waals surface area contributed by atoms with Crippen molar-refractivity contribution < 1.29 is 19.1 Å². The SMILES string of the molecule is CCC1(CC)CSc2cc(OC)c(Br)cc2N(c2ccccc2)C1=O.CCC1(CC)CSc2cc(OC)c(I)cc2N(c2ccccc2)C1=O. The molecular weight excluding hydrogens is 843 g/mol. The summed E-state index contributed by atoms with van der Waals surface area (Å²) >= 11 is 9.35. The van der Waals surface area contributed by atoms with Crippen molar-refractivity contribution in [3.05, 3.63) is 93.0 Å². The molecule has 6 nitrogen and oxygen atoms in total. The maximum Gasteiger partial charge on any atom is 0.238 e. The van der Waals surface area contributed by atoms with Crippen molar-refractivity contribution in [3.63, 3.8) is 0 Å². The molecule has 4 aromatic carbocycles. The molecular formula is C40H44BrIN2O4S2. The van der Waals surface area contributed by atoms with Crippen LogP contribution in [0.5, 0.6) is 11.5 Å². The zero-order valence-corrected chi connectivity index (χ0v) is 34.8. The first-order valence-electron chi connectivity index (χ1n) is 16.9. The minimum atomic E-state index is -0.362. The smallest absolute Gasteiger partial charge is 0.238 e. The Labute approximate surface area is 327 Å². The molecule has 0 atom stereocenters. The molecule has 0 spiro atoms. The van der Waals surface area contributed by atoms with E-state index in [9.17, 15) is 9.59 Å². The van der Waals surface area contributed by atoms with Crippen molar-refractivity contribution in [1.29, 1.82) is 0 Å². The van der Waals surface area contributed by atoms with Gasteiger partial charge in [-0.15, -0.1) is 23.5 Å². The van der Waals surface area contributed by atoms with E-state index >= 15 is 0 Å². The molecule has 10 heteroatoms. The Kier molecular flexibility index (Phi) is 12.9. The summed E-state index contributed by atoms with van der Waals surface area (Å²) in [7, 11) is 3.35. The van der Waals surface area contributed by atoms with Gasteiger partial charge in [0.15, 0.2) is 0 Å². The molecule has 2 aliphatic rings. The van der Waals surface area contributed by atoms with Crippen LogP contribution in [-0.4, -0.2) is 37.5 Å². The van der Waals surface area contributed by atoms with Gasteiger partial charge in [0.05, 0.1) is 44.5 Å². The van der Waals surface area contributed by atoms with E-state index < -0.39 is 0 Å². The van der Waals surface area contributed by atoms with E-state index in [-0.39, 0.29) is 22.6 Å². The number of carbonyl (C=O) groups excluding carboxylic acids is 2. The van der Waals surface area contributed by atoms with Crippen molar-refractivity contribution in [3.8, 4) is 11.5 Å². The number of thioether (sulfide) groups is 2. The molecule has 0 unspecified atom stereocenters. The molecule has 0 fully saturated rings. The van der Waals surface area contributed by atoms with Crippen LogP contribution in [0.1, 0.15) is 53.4 Å². The maximum absolute atomic E-state index is 13.6. The molecule has 2 heterocycles. The summed E-state index contributed by atoms with van der Waals surface area (Å²) in [6.45, 7) is 8.45. The molecule has 2 aliphatic heterocycles. The van der Waals surface area contributed by atoms with Gasteiger partial charge in [-0.05, 0) is 113 Å². The van der Waals surface area contributed by atoms with Crippen LogP contribution in [0.25, 0.3) is 0 Å². The van der Waals surface area contributed by atoms with Gasteiger partial charge in [-0.1, -0.05) is 64.1 Å². The van der Waals surface area contributed by atoms with Gasteiger partial charge in [0.1, 0.15) is 11.5 Å². The maximum atomic E-state index is 13.6. The molecule has 0 aliphatic carbocycles. The average molecular weight is 888 g/mol. The van der Waals surface area contributed by atoms with Crippen molar-refractivity contribution in [2.75, 3.05) is 35.5 Å². The molecule has 2 amide bonds. The predicted octanol–water partition coefficient (Wildman–Crippen LogP) is 11.9. The van der Waals surface area contributed by atoms with Gasteiger partial charge < -0.3 is 9.47 Å². The van der Waals surface area contributed by atoms with Crippen LogP contribution in [0.15, 0.2) is 99.2 Å². The third-order valence-corrected chi connectivity index (χ3v) is 14.1. The van der Waals surface area contributed by atoms with E-state index in [0.717, 1.165) is 89.3 Å². The fraction of sp³-hybridized carbons (Fsp3) is 0.350. The van der Waals surface area contributed by atoms with Crippen LogP contribution >= 0.6 is 62.0 Å². The van der Waals surface area contributed by atoms with Gasteiger partial charge in [0, 0.05) is 32.7 Å². The lowest BCUT2D eigenvalue weighted by molar-refractivity contribution is -0.127. The first-order chi connectivity index (χ1) is 24.1. The molecule has 4 aromatic rings. The van der Waals surface area contributed by atoms with Gasteiger partial charge >= 0.3 is 0 Å². The van der Waals surface area contributed by atoms with Crippen molar-refractivity contribution in [1.82, 2.24) is 0 Å². The quantitative estimate of drug-likeness (QED) is 0.164. The van der Waals surface area contributed by atoms with E-state index in [1.807, 2.05) is 82.6 Å². The normalized spacial score (nSPS) is 16.3. The number of halogens is 2. The lowest BCUT2D eigenvalue weighted by atomic mass is 9.82. The fourth-order valence-corrected chi connectivity index (χ4v) is 10.4. The van der Waals surface area contributed by atoms with Crippen LogP contribution in [0, 0.1) is 14.4 Å². The first kappa shape index (κ1) is 38.6. The van der Waals surface area contributed by atoms with Crippen molar-refractivity contribution >= 4 is 96.6 Å². The summed E-state index contributed by atoms with van der Waals surface area (Å²) in [5.74, 6) is 3.57. The molecule has 0 bridgehead atoms. The van der Waals surface area contributed by atoms with Gasteiger partial charge in [-0.3, -0.25) is 19.4 Å². The second kappa shape index (κ2) is 16.8. The zero-order valence-electron chi connectivity index (χ0n) is 29.4. The highest BCUT2D eigenvalue weighted by Crippen LogP contribution is 2.50. The van der Waals surface area contributed by atoms with Crippen LogP contribution in [0.2, 0.25) is 0 Å². The Balaban J connectivity index is 0.000000194. The third-order valence-electron chi connectivity index (χ3n) is 10.0. The lowest BCUT2D eigenvalue weighted by Gasteiger charge is -2.33. The number of amides is 2. The Morgan fingerprint density at radius 2 is 1.06 bits per heavy atom. The number of methoxy groups -OCH3 is 2. The molecule has 0 N–H and O–H groups in total. The summed E-state index contributed by atoms with van der Waals surface area (Å²) in [4.78, 5) is 33.2. The number of benzene rings is 4. The summed E-state index contributed by atoms with van der Waals surface area (Å²) in [6.07, 6.45) is 3.32. The van der Waals surface area contributed by atoms with E-state index in [1.165, 1.54) is 0 Å². The van der Waals surface area contributed by atoms with Crippen LogP contribution in [-0.2, 0) is 9.59 Å². The van der Waals surface area contributed by atoms with E-state index in [0.29, 0.717) is 0 Å². The van der Waals surface area contributed by atoms with Crippen molar-refractivity contribution in [2.24, 2.45) is 10.8 Å². The number of carbonyl (C=O) groups is 2. The van der Waals surface area contributed by atoms with Crippen molar-refractivity contribution in [2.45, 2.75) is 63.2 Å². The van der Waals surface area contributed by atoms with Crippen LogP contribution < -0.4 is 19.3 Å². The topological polar surface area (TPSA) is 59.1 Å². The molecule has 0 saturated heterocycles. The Bertz CT molecular complexity index is 1680. The number of anilines is 4. The molecule has 0 radical (unpaired) electrons. The van der Waals surface area contributed by atoms with Crippen LogP contribution in [0.4, 0.5) is 22.7 Å². The molecule has 264 valence electrons. The lowest BCUT2D eigenvalue weighted by Crippen LogP contribution is -2.41. The molecule has 0 aromatic heterocycles. The fourth-order valence-electron chi connectivity index (χ4n) is 6.37. The first-order valence-corrected chi connectivity index (χ1v) is 20.8. The molecule has 6 rings (SSSR count). The Morgan fingerprint density at radius 3 is 1.46 bits per heavy atom. The number of rotatable bonds is 8. The average Bonchev–Trinajstić information content (AvgIpc) is 3.34. The Hall–Kier alpha value is -2.67. The second-order valence-electron chi connectivity index (χ2n) is 12.4. The van der Waals surface area contributed by atoms with E-state index in [4.69, 9.17) is 9.47 Å². The standard InChI is InChI=1S/C20H22BrNO2S.C20H22INO2S/c2*1-4-20(5-2)13-25-18-12-17(24-3)15(21)11-16(18)22(19(20)23)14-9-7-6-8-10-14/h2*6-12H,4-5,13H2,1-3H3.